The van der Waals surface area contributed by atoms with E-state index in [1.54, 1.807) is 24.3 Å². The van der Waals surface area contributed by atoms with E-state index < -0.39 is 0 Å². The second kappa shape index (κ2) is 7.40. The Bertz CT molecular complexity index is 521. The third kappa shape index (κ3) is 4.56. The van der Waals surface area contributed by atoms with Crippen LogP contribution in [0.25, 0.3) is 0 Å². The minimum atomic E-state index is -0.179. The predicted octanol–water partition coefficient (Wildman–Crippen LogP) is 1.72. The van der Waals surface area contributed by atoms with Gasteiger partial charge in [0.1, 0.15) is 0 Å². The number of hydrogen-bond acceptors (Lipinski definition) is 3. The van der Waals surface area contributed by atoms with Crippen molar-refractivity contribution >= 4 is 11.8 Å². The normalized spacial score (nSPS) is 15.5. The molecule has 120 valence electrons. The van der Waals surface area contributed by atoms with Gasteiger partial charge in [-0.05, 0) is 49.4 Å². The third-order valence-electron chi connectivity index (χ3n) is 3.88. The summed E-state index contributed by atoms with van der Waals surface area (Å²) in [7, 11) is 0. The first kappa shape index (κ1) is 16.5. The molecule has 0 radical (unpaired) electrons. The summed E-state index contributed by atoms with van der Waals surface area (Å²) < 4.78 is 0. The molecule has 0 aromatic heterocycles. The smallest absolute Gasteiger partial charge is 0.251 e. The quantitative estimate of drug-likeness (QED) is 0.717. The molecule has 1 aliphatic rings. The van der Waals surface area contributed by atoms with Crippen molar-refractivity contribution < 1.29 is 14.7 Å². The summed E-state index contributed by atoms with van der Waals surface area (Å²) in [5, 5.41) is 14.9. The van der Waals surface area contributed by atoms with Crippen LogP contribution in [0, 0.1) is 5.92 Å². The van der Waals surface area contributed by atoms with Crippen LogP contribution in [0.15, 0.2) is 24.3 Å². The van der Waals surface area contributed by atoms with Gasteiger partial charge in [0.25, 0.3) is 11.8 Å². The van der Waals surface area contributed by atoms with E-state index in [-0.39, 0.29) is 30.4 Å². The zero-order valence-electron chi connectivity index (χ0n) is 13.1. The molecule has 5 heteroatoms. The lowest BCUT2D eigenvalue weighted by Crippen LogP contribution is -2.39. The number of aliphatic hydroxyl groups is 1. The number of rotatable bonds is 7. The fourth-order valence-corrected chi connectivity index (χ4v) is 2.23. The summed E-state index contributed by atoms with van der Waals surface area (Å²) in [6, 6.07) is 6.92. The predicted molar refractivity (Wildman–Crippen MR) is 84.7 cm³/mol. The molecule has 1 aliphatic carbocycles. The fourth-order valence-electron chi connectivity index (χ4n) is 2.23. The summed E-state index contributed by atoms with van der Waals surface area (Å²) >= 11 is 0. The highest BCUT2D eigenvalue weighted by atomic mass is 16.3. The lowest BCUT2D eigenvalue weighted by atomic mass is 10.0. The molecular formula is C17H24N2O3. The number of aliphatic hydroxyl groups excluding tert-OH is 1. The van der Waals surface area contributed by atoms with E-state index in [1.165, 1.54) is 0 Å². The van der Waals surface area contributed by atoms with Gasteiger partial charge >= 0.3 is 0 Å². The van der Waals surface area contributed by atoms with Crippen LogP contribution >= 0.6 is 0 Å². The zero-order chi connectivity index (χ0) is 16.1. The molecule has 0 heterocycles. The van der Waals surface area contributed by atoms with Crippen molar-refractivity contribution in [3.63, 3.8) is 0 Å². The van der Waals surface area contributed by atoms with Crippen LogP contribution in [0.2, 0.25) is 0 Å². The van der Waals surface area contributed by atoms with E-state index >= 15 is 0 Å². The number of nitrogens with one attached hydrogen (secondary N) is 2. The van der Waals surface area contributed by atoms with E-state index in [9.17, 15) is 9.59 Å². The van der Waals surface area contributed by atoms with Crippen LogP contribution in [0.1, 0.15) is 53.8 Å². The number of hydrogen-bond donors (Lipinski definition) is 3. The van der Waals surface area contributed by atoms with E-state index in [0.29, 0.717) is 23.6 Å². The van der Waals surface area contributed by atoms with Gasteiger partial charge in [0.2, 0.25) is 0 Å². The highest BCUT2D eigenvalue weighted by Gasteiger charge is 2.24. The summed E-state index contributed by atoms with van der Waals surface area (Å²) in [6.45, 7) is 4.06. The molecule has 0 aliphatic heterocycles. The van der Waals surface area contributed by atoms with E-state index in [2.05, 4.69) is 10.6 Å². The third-order valence-corrected chi connectivity index (χ3v) is 3.88. The molecule has 1 atom stereocenters. The minimum Gasteiger partial charge on any atom is -0.396 e. The van der Waals surface area contributed by atoms with Crippen LogP contribution in [-0.2, 0) is 0 Å². The molecule has 1 aromatic carbocycles. The Morgan fingerprint density at radius 2 is 1.68 bits per heavy atom. The Labute approximate surface area is 131 Å². The van der Waals surface area contributed by atoms with Gasteiger partial charge in [0.15, 0.2) is 0 Å². The first-order valence-electron chi connectivity index (χ1n) is 7.84. The Kier molecular flexibility index (Phi) is 5.55. The van der Waals surface area contributed by atoms with Crippen LogP contribution in [0.5, 0.6) is 0 Å². The van der Waals surface area contributed by atoms with Gasteiger partial charge < -0.3 is 15.7 Å². The van der Waals surface area contributed by atoms with Crippen molar-refractivity contribution in [3.05, 3.63) is 35.4 Å². The van der Waals surface area contributed by atoms with Crippen LogP contribution in [0.3, 0.4) is 0 Å². The Hall–Kier alpha value is -1.88. The van der Waals surface area contributed by atoms with Crippen molar-refractivity contribution in [1.29, 1.82) is 0 Å². The Morgan fingerprint density at radius 3 is 2.14 bits per heavy atom. The first-order valence-corrected chi connectivity index (χ1v) is 7.84. The molecule has 1 aromatic rings. The van der Waals surface area contributed by atoms with Gasteiger partial charge in [-0.25, -0.2) is 0 Å². The van der Waals surface area contributed by atoms with Gasteiger partial charge in [-0.15, -0.1) is 0 Å². The second-order valence-corrected chi connectivity index (χ2v) is 6.16. The molecule has 22 heavy (non-hydrogen) atoms. The molecule has 0 saturated heterocycles. The molecule has 1 fully saturated rings. The first-order chi connectivity index (χ1) is 10.5. The highest BCUT2D eigenvalue weighted by molar-refractivity contribution is 5.98. The lowest BCUT2D eigenvalue weighted by Gasteiger charge is -2.21. The van der Waals surface area contributed by atoms with Gasteiger partial charge in [-0.1, -0.05) is 13.8 Å². The number of carbonyl (C=O) groups excluding carboxylic acids is 2. The summed E-state index contributed by atoms with van der Waals surface area (Å²) in [6.07, 6.45) is 2.63. The molecule has 3 N–H and O–H groups in total. The zero-order valence-corrected chi connectivity index (χ0v) is 13.1. The van der Waals surface area contributed by atoms with Gasteiger partial charge in [0.05, 0.1) is 0 Å². The average molecular weight is 304 g/mol. The molecule has 2 rings (SSSR count). The minimum absolute atomic E-state index is 0.0450. The van der Waals surface area contributed by atoms with E-state index in [0.717, 1.165) is 12.8 Å². The number of carbonyl (C=O) groups is 2. The van der Waals surface area contributed by atoms with Crippen LogP contribution in [0.4, 0.5) is 0 Å². The maximum Gasteiger partial charge on any atom is 0.251 e. The summed E-state index contributed by atoms with van der Waals surface area (Å²) in [5.74, 6) is -0.0178. The number of benzene rings is 1. The van der Waals surface area contributed by atoms with Gasteiger partial charge in [-0.2, -0.15) is 0 Å². The van der Waals surface area contributed by atoms with E-state index in [1.807, 2.05) is 13.8 Å². The Morgan fingerprint density at radius 1 is 1.14 bits per heavy atom. The van der Waals surface area contributed by atoms with Crippen molar-refractivity contribution in [1.82, 2.24) is 10.6 Å². The monoisotopic (exact) mass is 304 g/mol. The van der Waals surface area contributed by atoms with Crippen molar-refractivity contribution in [2.45, 2.75) is 45.2 Å². The van der Waals surface area contributed by atoms with Crippen molar-refractivity contribution in [3.8, 4) is 0 Å². The molecule has 5 nitrogen and oxygen atoms in total. The molecule has 0 bridgehead atoms. The van der Waals surface area contributed by atoms with Crippen molar-refractivity contribution in [2.24, 2.45) is 5.92 Å². The average Bonchev–Trinajstić information content (AvgIpc) is 3.30. The maximum atomic E-state index is 12.2. The molecule has 0 spiro atoms. The summed E-state index contributed by atoms with van der Waals surface area (Å²) in [4.78, 5) is 24.1. The second-order valence-electron chi connectivity index (χ2n) is 6.16. The molecule has 1 unspecified atom stereocenters. The van der Waals surface area contributed by atoms with Gasteiger partial charge in [-0.3, -0.25) is 9.59 Å². The molecule has 1 saturated carbocycles. The SMILES string of the molecule is CC(C)C(CCO)NC(=O)c1ccc(C(=O)NC2CC2)cc1. The summed E-state index contributed by atoms with van der Waals surface area (Å²) in [5.41, 5.74) is 1.09. The lowest BCUT2D eigenvalue weighted by molar-refractivity contribution is 0.0912. The van der Waals surface area contributed by atoms with E-state index in [4.69, 9.17) is 5.11 Å². The topological polar surface area (TPSA) is 78.4 Å². The fraction of sp³-hybridized carbons (Fsp3) is 0.529. The van der Waals surface area contributed by atoms with Crippen LogP contribution in [-0.4, -0.2) is 35.6 Å². The van der Waals surface area contributed by atoms with Gasteiger partial charge in [0, 0.05) is 29.8 Å². The highest BCUT2D eigenvalue weighted by Crippen LogP contribution is 2.19. The van der Waals surface area contributed by atoms with Crippen LogP contribution < -0.4 is 10.6 Å². The largest absolute Gasteiger partial charge is 0.396 e. The number of amides is 2. The maximum absolute atomic E-state index is 12.2. The molecule has 2 amide bonds. The standard InChI is InChI=1S/C17H24N2O3/c1-11(2)15(9-10-20)19-17(22)13-5-3-12(4-6-13)16(21)18-14-7-8-14/h3-6,11,14-15,20H,7-10H2,1-2H3,(H,18,21)(H,19,22). The Balaban J connectivity index is 1.96. The van der Waals surface area contributed by atoms with Crippen molar-refractivity contribution in [2.75, 3.05) is 6.61 Å². The molecular weight excluding hydrogens is 280 g/mol.